The molecule has 0 saturated carbocycles. The van der Waals surface area contributed by atoms with Gasteiger partial charge < -0.3 is 9.47 Å². The molecular weight excluding hydrogens is 444 g/mol. The zero-order valence-corrected chi connectivity index (χ0v) is 18.7. The molecule has 3 aromatic rings. The van der Waals surface area contributed by atoms with Gasteiger partial charge in [-0.15, -0.1) is 0 Å². The van der Waals surface area contributed by atoms with Crippen molar-refractivity contribution in [1.82, 2.24) is 0 Å². The van der Waals surface area contributed by atoms with Gasteiger partial charge in [0.1, 0.15) is 17.4 Å². The van der Waals surface area contributed by atoms with E-state index >= 15 is 0 Å². The van der Waals surface area contributed by atoms with Crippen molar-refractivity contribution in [3.05, 3.63) is 83.4 Å². The fourth-order valence-corrected chi connectivity index (χ4v) is 4.48. The number of benzene rings is 3. The second kappa shape index (κ2) is 8.42. The van der Waals surface area contributed by atoms with Gasteiger partial charge in [0.2, 0.25) is 5.91 Å². The number of halogens is 1. The second-order valence-electron chi connectivity index (χ2n) is 7.78. The van der Waals surface area contributed by atoms with Gasteiger partial charge in [0.25, 0.3) is 5.91 Å². The van der Waals surface area contributed by atoms with Crippen molar-refractivity contribution < 1.29 is 23.9 Å². The van der Waals surface area contributed by atoms with Gasteiger partial charge in [0, 0.05) is 5.02 Å². The first-order valence-corrected chi connectivity index (χ1v) is 10.8. The lowest BCUT2D eigenvalue weighted by atomic mass is 9.90. The van der Waals surface area contributed by atoms with Crippen LogP contribution in [0.3, 0.4) is 0 Å². The van der Waals surface area contributed by atoms with Crippen LogP contribution in [0.5, 0.6) is 11.5 Å². The van der Waals surface area contributed by atoms with Crippen molar-refractivity contribution in [3.63, 3.8) is 0 Å². The summed E-state index contributed by atoms with van der Waals surface area (Å²) in [6.45, 7) is 0. The number of nitrogens with zero attached hydrogens (tertiary/aromatic N) is 2. The quantitative estimate of drug-likeness (QED) is 0.521. The molecule has 0 bridgehead atoms. The Morgan fingerprint density at radius 3 is 1.88 bits per heavy atom. The molecule has 2 heterocycles. The van der Waals surface area contributed by atoms with Crippen molar-refractivity contribution in [3.8, 4) is 11.5 Å². The van der Waals surface area contributed by atoms with Crippen LogP contribution in [0.1, 0.15) is 11.6 Å². The molecule has 168 valence electrons. The Hall–Kier alpha value is -3.55. The first kappa shape index (κ1) is 21.3. The second-order valence-corrected chi connectivity index (χ2v) is 8.22. The fourth-order valence-electron chi connectivity index (χ4n) is 4.35. The molecule has 2 fully saturated rings. The van der Waals surface area contributed by atoms with E-state index in [-0.39, 0.29) is 5.91 Å². The Morgan fingerprint density at radius 1 is 0.758 bits per heavy atom. The number of hydrogen-bond donors (Lipinski definition) is 0. The largest absolute Gasteiger partial charge is 0.497 e. The zero-order valence-electron chi connectivity index (χ0n) is 18.0. The van der Waals surface area contributed by atoms with E-state index in [1.807, 2.05) is 48.5 Å². The van der Waals surface area contributed by atoms with Crippen LogP contribution in [0.4, 0.5) is 11.4 Å². The summed E-state index contributed by atoms with van der Waals surface area (Å²) in [5, 5.41) is 2.17. The number of methoxy groups -OCH3 is 2. The average Bonchev–Trinajstić information content (AvgIpc) is 3.36. The van der Waals surface area contributed by atoms with Crippen LogP contribution >= 0.6 is 11.6 Å². The predicted octanol–water partition coefficient (Wildman–Crippen LogP) is 4.41. The molecule has 5 rings (SSSR count). The minimum atomic E-state index is -0.942. The average molecular weight is 465 g/mol. The minimum Gasteiger partial charge on any atom is -0.497 e. The third-order valence-electron chi connectivity index (χ3n) is 5.98. The molecule has 0 unspecified atom stereocenters. The first-order valence-electron chi connectivity index (χ1n) is 10.4. The van der Waals surface area contributed by atoms with E-state index < -0.39 is 24.0 Å². The molecular formula is C25H21ClN2O5. The molecule has 3 atom stereocenters. The van der Waals surface area contributed by atoms with E-state index in [1.165, 1.54) is 4.90 Å². The van der Waals surface area contributed by atoms with Crippen LogP contribution in [0.15, 0.2) is 72.8 Å². The summed E-state index contributed by atoms with van der Waals surface area (Å²) in [5.74, 6) is -0.0447. The highest BCUT2D eigenvalue weighted by molar-refractivity contribution is 6.31. The molecule has 0 aromatic heterocycles. The molecule has 2 saturated heterocycles. The highest BCUT2D eigenvalue weighted by atomic mass is 35.5. The van der Waals surface area contributed by atoms with Crippen LogP contribution in [0, 0.1) is 5.92 Å². The minimum absolute atomic E-state index is 0.316. The standard InChI is InChI=1S/C25H21ClN2O5/c1-31-19-11-3-15(4-12-19)22-21-23(33-28(22)18-9-13-20(32-2)14-10-18)25(30)27(24(21)29)17-7-5-16(26)6-8-17/h3-14,21-23H,1-2H3/t21-,22-,23-/m1/s1. The molecule has 8 heteroatoms. The molecule has 2 aliphatic rings. The summed E-state index contributed by atoms with van der Waals surface area (Å²) in [4.78, 5) is 34.2. The van der Waals surface area contributed by atoms with Crippen LogP contribution in [0.25, 0.3) is 0 Å². The monoisotopic (exact) mass is 464 g/mol. The first-order chi connectivity index (χ1) is 16.0. The van der Waals surface area contributed by atoms with E-state index in [1.54, 1.807) is 43.5 Å². The van der Waals surface area contributed by atoms with Crippen LogP contribution in [0.2, 0.25) is 5.02 Å². The van der Waals surface area contributed by atoms with Crippen LogP contribution in [-0.2, 0) is 14.4 Å². The Labute approximate surface area is 196 Å². The van der Waals surface area contributed by atoms with Gasteiger partial charge >= 0.3 is 0 Å². The Morgan fingerprint density at radius 2 is 1.30 bits per heavy atom. The third kappa shape index (κ3) is 3.59. The number of amides is 2. The summed E-state index contributed by atoms with van der Waals surface area (Å²) in [6, 6.07) is 20.8. The molecule has 7 nitrogen and oxygen atoms in total. The number of anilines is 2. The molecule has 2 aliphatic heterocycles. The van der Waals surface area contributed by atoms with Crippen molar-refractivity contribution >= 4 is 34.8 Å². The van der Waals surface area contributed by atoms with Crippen molar-refractivity contribution in [1.29, 1.82) is 0 Å². The van der Waals surface area contributed by atoms with Gasteiger partial charge in [-0.2, -0.15) is 0 Å². The van der Waals surface area contributed by atoms with Gasteiger partial charge in [-0.25, -0.2) is 9.96 Å². The van der Waals surface area contributed by atoms with E-state index in [0.717, 1.165) is 5.56 Å². The summed E-state index contributed by atoms with van der Waals surface area (Å²) in [7, 11) is 3.19. The van der Waals surface area contributed by atoms with E-state index in [2.05, 4.69) is 0 Å². The number of hydrogen-bond acceptors (Lipinski definition) is 6. The maximum atomic E-state index is 13.6. The molecule has 0 radical (unpaired) electrons. The van der Waals surface area contributed by atoms with E-state index in [4.69, 9.17) is 25.9 Å². The van der Waals surface area contributed by atoms with E-state index in [9.17, 15) is 9.59 Å². The lowest BCUT2D eigenvalue weighted by Gasteiger charge is -2.29. The number of carbonyl (C=O) groups excluding carboxylic acids is 2. The SMILES string of the molecule is COc1ccc([C@@H]2[C@H]3C(=O)N(c4ccc(Cl)cc4)C(=O)[C@@H]3ON2c2ccc(OC)cc2)cc1. The molecule has 0 N–H and O–H groups in total. The highest BCUT2D eigenvalue weighted by Gasteiger charge is 2.60. The number of fused-ring (bicyclic) bond motifs is 1. The predicted molar refractivity (Wildman–Crippen MR) is 124 cm³/mol. The van der Waals surface area contributed by atoms with Crippen molar-refractivity contribution in [2.24, 2.45) is 5.92 Å². The number of carbonyl (C=O) groups is 2. The lowest BCUT2D eigenvalue weighted by molar-refractivity contribution is -0.126. The summed E-state index contributed by atoms with van der Waals surface area (Å²) in [6.07, 6.45) is -0.942. The number of rotatable bonds is 5. The molecule has 33 heavy (non-hydrogen) atoms. The normalized spacial score (nSPS) is 22.0. The van der Waals surface area contributed by atoms with E-state index in [0.29, 0.717) is 27.9 Å². The summed E-state index contributed by atoms with van der Waals surface area (Å²) in [5.41, 5.74) is 2.01. The van der Waals surface area contributed by atoms with Crippen LogP contribution < -0.4 is 19.4 Å². The molecule has 3 aromatic carbocycles. The van der Waals surface area contributed by atoms with Gasteiger partial charge in [-0.1, -0.05) is 23.7 Å². The number of hydroxylamine groups is 1. The number of ether oxygens (including phenoxy) is 2. The van der Waals surface area contributed by atoms with Crippen LogP contribution in [-0.4, -0.2) is 32.1 Å². The zero-order chi connectivity index (χ0) is 23.1. The lowest BCUT2D eigenvalue weighted by Crippen LogP contribution is -2.37. The highest BCUT2D eigenvalue weighted by Crippen LogP contribution is 2.48. The Kier molecular flexibility index (Phi) is 5.44. The molecule has 2 amide bonds. The van der Waals surface area contributed by atoms with Gasteiger partial charge in [-0.3, -0.25) is 14.4 Å². The summed E-state index contributed by atoms with van der Waals surface area (Å²) >= 11 is 5.98. The Bertz CT molecular complexity index is 1180. The smallest absolute Gasteiger partial charge is 0.266 e. The maximum absolute atomic E-state index is 13.6. The maximum Gasteiger partial charge on any atom is 0.266 e. The number of imide groups is 1. The topological polar surface area (TPSA) is 68.3 Å². The van der Waals surface area contributed by atoms with Crippen molar-refractivity contribution in [2.45, 2.75) is 12.1 Å². The van der Waals surface area contributed by atoms with Crippen molar-refractivity contribution in [2.75, 3.05) is 24.2 Å². The third-order valence-corrected chi connectivity index (χ3v) is 6.24. The fraction of sp³-hybridized carbons (Fsp3) is 0.200. The summed E-state index contributed by atoms with van der Waals surface area (Å²) < 4.78 is 10.5. The van der Waals surface area contributed by atoms with Gasteiger partial charge in [0.05, 0.1) is 31.6 Å². The van der Waals surface area contributed by atoms with Gasteiger partial charge in [-0.05, 0) is 66.2 Å². The molecule has 0 spiro atoms. The Balaban J connectivity index is 1.56. The molecule has 0 aliphatic carbocycles. The van der Waals surface area contributed by atoms with Gasteiger partial charge in [0.15, 0.2) is 6.10 Å².